The molecule has 0 radical (unpaired) electrons. The number of urea groups is 1. The lowest BCUT2D eigenvalue weighted by Crippen LogP contribution is -2.49. The summed E-state index contributed by atoms with van der Waals surface area (Å²) in [5.74, 6) is -0.766. The summed E-state index contributed by atoms with van der Waals surface area (Å²) < 4.78 is 0. The van der Waals surface area contributed by atoms with E-state index in [9.17, 15) is 9.59 Å². The zero-order valence-electron chi connectivity index (χ0n) is 10.8. The van der Waals surface area contributed by atoms with Gasteiger partial charge in [0, 0.05) is 32.2 Å². The van der Waals surface area contributed by atoms with Crippen LogP contribution in [0.2, 0.25) is 0 Å². The van der Waals surface area contributed by atoms with E-state index in [1.165, 1.54) is 0 Å². The van der Waals surface area contributed by atoms with Gasteiger partial charge in [0.15, 0.2) is 0 Å². The molecule has 0 aliphatic carbocycles. The van der Waals surface area contributed by atoms with Gasteiger partial charge in [0.1, 0.15) is 0 Å². The second-order valence-electron chi connectivity index (χ2n) is 5.63. The summed E-state index contributed by atoms with van der Waals surface area (Å²) >= 11 is 0. The van der Waals surface area contributed by atoms with E-state index in [2.05, 4.69) is 0 Å². The van der Waals surface area contributed by atoms with Crippen molar-refractivity contribution in [3.05, 3.63) is 0 Å². The molecule has 2 aliphatic rings. The minimum atomic E-state index is -0.766. The fourth-order valence-corrected chi connectivity index (χ4v) is 2.57. The van der Waals surface area contributed by atoms with Gasteiger partial charge in [-0.05, 0) is 26.2 Å². The van der Waals surface area contributed by atoms with Crippen LogP contribution in [0.4, 0.5) is 4.79 Å². The molecule has 2 aliphatic heterocycles. The van der Waals surface area contributed by atoms with E-state index in [-0.39, 0.29) is 12.1 Å². The number of likely N-dealkylation sites (tertiary alicyclic amines) is 2. The summed E-state index contributed by atoms with van der Waals surface area (Å²) in [6.45, 7) is 4.13. The Morgan fingerprint density at radius 3 is 2.28 bits per heavy atom. The molecule has 2 saturated heterocycles. The fourth-order valence-electron chi connectivity index (χ4n) is 2.57. The van der Waals surface area contributed by atoms with Crippen molar-refractivity contribution in [3.63, 3.8) is 0 Å². The average molecular weight is 255 g/mol. The minimum absolute atomic E-state index is 0.00962. The monoisotopic (exact) mass is 255 g/mol. The number of nitrogens with zero attached hydrogens (tertiary/aromatic N) is 2. The average Bonchev–Trinajstić information content (AvgIpc) is 2.76. The third-order valence-electron chi connectivity index (χ3n) is 4.15. The highest BCUT2D eigenvalue weighted by Gasteiger charge is 2.39. The van der Waals surface area contributed by atoms with Gasteiger partial charge < -0.3 is 20.6 Å². The molecule has 0 saturated carbocycles. The molecule has 0 aromatic heterocycles. The van der Waals surface area contributed by atoms with Gasteiger partial charge in [0.2, 0.25) is 0 Å². The summed E-state index contributed by atoms with van der Waals surface area (Å²) in [7, 11) is 0. The molecule has 2 heterocycles. The van der Waals surface area contributed by atoms with Crippen molar-refractivity contribution in [2.45, 2.75) is 32.2 Å². The summed E-state index contributed by atoms with van der Waals surface area (Å²) in [5.41, 5.74) is 5.10. The first-order valence-electron chi connectivity index (χ1n) is 6.45. The van der Waals surface area contributed by atoms with E-state index in [0.717, 1.165) is 6.42 Å². The topological polar surface area (TPSA) is 86.9 Å². The lowest BCUT2D eigenvalue weighted by molar-refractivity contribution is -0.150. The number of hydrogen-bond donors (Lipinski definition) is 2. The number of nitrogens with two attached hydrogens (primary N) is 1. The van der Waals surface area contributed by atoms with Crippen molar-refractivity contribution in [3.8, 4) is 0 Å². The van der Waals surface area contributed by atoms with Crippen molar-refractivity contribution in [1.29, 1.82) is 0 Å². The smallest absolute Gasteiger partial charge is 0.320 e. The predicted molar refractivity (Wildman–Crippen MR) is 66.1 cm³/mol. The van der Waals surface area contributed by atoms with E-state index in [1.54, 1.807) is 16.7 Å². The van der Waals surface area contributed by atoms with Gasteiger partial charge >= 0.3 is 12.0 Å². The summed E-state index contributed by atoms with van der Waals surface area (Å²) in [4.78, 5) is 26.8. The summed E-state index contributed by atoms with van der Waals surface area (Å²) in [5, 5.41) is 9.14. The largest absolute Gasteiger partial charge is 0.481 e. The van der Waals surface area contributed by atoms with Crippen LogP contribution < -0.4 is 5.73 Å². The highest BCUT2D eigenvalue weighted by atomic mass is 16.4. The van der Waals surface area contributed by atoms with Crippen molar-refractivity contribution in [1.82, 2.24) is 9.80 Å². The van der Waals surface area contributed by atoms with Gasteiger partial charge in [-0.1, -0.05) is 0 Å². The first kappa shape index (κ1) is 13.1. The molecular formula is C12H21N3O3. The van der Waals surface area contributed by atoms with Crippen LogP contribution in [0.1, 0.15) is 26.2 Å². The zero-order chi connectivity index (χ0) is 13.3. The molecule has 3 N–H and O–H groups in total. The first-order chi connectivity index (χ1) is 8.42. The van der Waals surface area contributed by atoms with Crippen LogP contribution >= 0.6 is 0 Å². The van der Waals surface area contributed by atoms with Gasteiger partial charge in [0.05, 0.1) is 5.41 Å². The number of piperidine rings is 1. The molecule has 0 aromatic carbocycles. The van der Waals surface area contributed by atoms with E-state index in [1.807, 2.05) is 0 Å². The highest BCUT2D eigenvalue weighted by Crippen LogP contribution is 2.31. The number of carbonyl (C=O) groups excluding carboxylic acids is 1. The predicted octanol–water partition coefficient (Wildman–Crippen LogP) is 0.326. The second-order valence-corrected chi connectivity index (χ2v) is 5.63. The number of rotatable bonds is 1. The maximum Gasteiger partial charge on any atom is 0.320 e. The molecule has 2 amide bonds. The van der Waals surface area contributed by atoms with Gasteiger partial charge in [-0.2, -0.15) is 0 Å². The number of carboxylic acids is 1. The molecule has 1 atom stereocenters. The van der Waals surface area contributed by atoms with E-state index >= 15 is 0 Å². The normalized spacial score (nSPS) is 27.3. The molecule has 2 rings (SSSR count). The first-order valence-corrected chi connectivity index (χ1v) is 6.45. The quantitative estimate of drug-likeness (QED) is 0.706. The lowest BCUT2D eigenvalue weighted by Gasteiger charge is -2.38. The second kappa shape index (κ2) is 4.76. The molecule has 6 heteroatoms. The van der Waals surface area contributed by atoms with Crippen LogP contribution in [0.3, 0.4) is 0 Å². The van der Waals surface area contributed by atoms with Crippen molar-refractivity contribution < 1.29 is 14.7 Å². The molecule has 1 unspecified atom stereocenters. The Morgan fingerprint density at radius 2 is 1.83 bits per heavy atom. The van der Waals surface area contributed by atoms with Gasteiger partial charge in [-0.15, -0.1) is 0 Å². The Kier molecular flexibility index (Phi) is 3.47. The summed E-state index contributed by atoms with van der Waals surface area (Å²) in [6, 6.07) is 0.0958. The van der Waals surface area contributed by atoms with Crippen LogP contribution in [-0.2, 0) is 4.79 Å². The van der Waals surface area contributed by atoms with Crippen LogP contribution in [-0.4, -0.2) is 59.1 Å². The van der Waals surface area contributed by atoms with E-state index in [4.69, 9.17) is 10.8 Å². The third-order valence-corrected chi connectivity index (χ3v) is 4.15. The molecule has 0 bridgehead atoms. The van der Waals surface area contributed by atoms with Crippen molar-refractivity contribution in [2.75, 3.05) is 26.2 Å². The fraction of sp³-hybridized carbons (Fsp3) is 0.833. The van der Waals surface area contributed by atoms with Crippen LogP contribution in [0, 0.1) is 5.41 Å². The summed E-state index contributed by atoms with van der Waals surface area (Å²) in [6.07, 6.45) is 1.90. The Labute approximate surface area is 107 Å². The Hall–Kier alpha value is -1.30. The minimum Gasteiger partial charge on any atom is -0.481 e. The Morgan fingerprint density at radius 1 is 1.22 bits per heavy atom. The number of carboxylic acid groups (broad SMARTS) is 1. The number of carbonyl (C=O) groups is 2. The van der Waals surface area contributed by atoms with Gasteiger partial charge in [-0.25, -0.2) is 4.79 Å². The van der Waals surface area contributed by atoms with E-state index < -0.39 is 11.4 Å². The maximum atomic E-state index is 12.2. The molecular weight excluding hydrogens is 234 g/mol. The third kappa shape index (κ3) is 2.43. The number of aliphatic carboxylic acids is 1. The molecule has 2 fully saturated rings. The Bertz CT molecular complexity index is 350. The molecule has 6 nitrogen and oxygen atoms in total. The standard InChI is InChI=1S/C12H21N3O3/c1-12(10(16)17)3-6-14(7-4-12)11(18)15-5-2-9(13)8-15/h9H,2-8,13H2,1H3,(H,16,17). The number of amides is 2. The maximum absolute atomic E-state index is 12.2. The van der Waals surface area contributed by atoms with E-state index in [0.29, 0.717) is 39.0 Å². The van der Waals surface area contributed by atoms with Crippen molar-refractivity contribution in [2.24, 2.45) is 11.1 Å². The van der Waals surface area contributed by atoms with Gasteiger partial charge in [-0.3, -0.25) is 4.79 Å². The molecule has 18 heavy (non-hydrogen) atoms. The molecule has 0 aromatic rings. The Balaban J connectivity index is 1.90. The van der Waals surface area contributed by atoms with Crippen LogP contribution in [0.25, 0.3) is 0 Å². The van der Waals surface area contributed by atoms with Crippen LogP contribution in [0.15, 0.2) is 0 Å². The molecule has 0 spiro atoms. The number of hydrogen-bond acceptors (Lipinski definition) is 3. The van der Waals surface area contributed by atoms with Gasteiger partial charge in [0.25, 0.3) is 0 Å². The lowest BCUT2D eigenvalue weighted by atomic mass is 9.80. The van der Waals surface area contributed by atoms with Crippen molar-refractivity contribution >= 4 is 12.0 Å². The SMILES string of the molecule is CC1(C(=O)O)CCN(C(=O)N2CCC(N)C2)CC1. The zero-order valence-corrected chi connectivity index (χ0v) is 10.8. The van der Waals surface area contributed by atoms with Crippen LogP contribution in [0.5, 0.6) is 0 Å². The highest BCUT2D eigenvalue weighted by molar-refractivity contribution is 5.77. The molecule has 102 valence electrons.